The third-order valence-electron chi connectivity index (χ3n) is 4.68. The van der Waals surface area contributed by atoms with Crippen LogP contribution in [0.25, 0.3) is 0 Å². The fraction of sp³-hybridized carbons (Fsp3) is 0.750. The lowest BCUT2D eigenvalue weighted by atomic mass is 9.68. The number of hydrogen-bond donors (Lipinski definition) is 2. The van der Waals surface area contributed by atoms with Crippen molar-refractivity contribution in [2.24, 2.45) is 11.8 Å². The second kappa shape index (κ2) is 7.40. The van der Waals surface area contributed by atoms with Gasteiger partial charge in [-0.3, -0.25) is 4.79 Å². The van der Waals surface area contributed by atoms with Crippen LogP contribution in [0.1, 0.15) is 41.0 Å². The van der Waals surface area contributed by atoms with Gasteiger partial charge < -0.3 is 15.2 Å². The smallest absolute Gasteiger partial charge is 0.336 e. The Hall–Kier alpha value is -1.17. The molecule has 0 spiro atoms. The zero-order valence-electron chi connectivity index (χ0n) is 14.2. The van der Waals surface area contributed by atoms with E-state index in [9.17, 15) is 14.7 Å². The van der Waals surface area contributed by atoms with E-state index >= 15 is 0 Å². The van der Waals surface area contributed by atoms with E-state index in [2.05, 4.69) is 5.32 Å². The average Bonchev–Trinajstić information content (AvgIpc) is 2.44. The highest BCUT2D eigenvalue weighted by Gasteiger charge is 2.52. The van der Waals surface area contributed by atoms with Crippen LogP contribution in [0, 0.1) is 11.8 Å². The van der Waals surface area contributed by atoms with Gasteiger partial charge in [-0.15, -0.1) is 0 Å². The number of aliphatic carboxylic acids is 1. The molecule has 2 N–H and O–H groups in total. The van der Waals surface area contributed by atoms with E-state index in [1.165, 1.54) is 0 Å². The van der Waals surface area contributed by atoms with Crippen molar-refractivity contribution in [2.75, 3.05) is 12.9 Å². The van der Waals surface area contributed by atoms with Gasteiger partial charge in [-0.2, -0.15) is 11.8 Å². The number of carboxylic acid groups (broad SMARTS) is 1. The van der Waals surface area contributed by atoms with Crippen molar-refractivity contribution in [3.8, 4) is 0 Å². The van der Waals surface area contributed by atoms with Gasteiger partial charge in [-0.1, -0.05) is 13.8 Å². The van der Waals surface area contributed by atoms with Gasteiger partial charge >= 0.3 is 11.9 Å². The van der Waals surface area contributed by atoms with Gasteiger partial charge in [0.1, 0.15) is 0 Å². The number of hydrogen-bond acceptors (Lipinski definition) is 5. The van der Waals surface area contributed by atoms with Crippen LogP contribution >= 0.6 is 11.8 Å². The number of thioether (sulfide) groups is 1. The molecule has 4 atom stereocenters. The first-order valence-corrected chi connectivity index (χ1v) is 8.94. The molecule has 0 saturated carbocycles. The van der Waals surface area contributed by atoms with Crippen molar-refractivity contribution >= 4 is 23.7 Å². The van der Waals surface area contributed by atoms with Gasteiger partial charge in [0.2, 0.25) is 0 Å². The molecule has 0 fully saturated rings. The van der Waals surface area contributed by atoms with Crippen molar-refractivity contribution in [3.05, 3.63) is 11.3 Å². The van der Waals surface area contributed by atoms with Crippen LogP contribution < -0.4 is 5.32 Å². The predicted molar refractivity (Wildman–Crippen MR) is 88.8 cm³/mol. The van der Waals surface area contributed by atoms with Gasteiger partial charge in [0.15, 0.2) is 0 Å². The molecule has 1 rings (SSSR count). The number of nitrogens with one attached hydrogen (secondary N) is 1. The number of rotatable bonds is 6. The average molecular weight is 329 g/mol. The minimum Gasteiger partial charge on any atom is -0.481 e. The molecule has 4 unspecified atom stereocenters. The van der Waals surface area contributed by atoms with Crippen LogP contribution in [0.4, 0.5) is 0 Å². The molecule has 0 radical (unpaired) electrons. The van der Waals surface area contributed by atoms with Crippen LogP contribution in [0.2, 0.25) is 0 Å². The van der Waals surface area contributed by atoms with Crippen molar-refractivity contribution in [2.45, 2.75) is 51.8 Å². The summed E-state index contributed by atoms with van der Waals surface area (Å²) in [5.74, 6) is -2.32. The Morgan fingerprint density at radius 1 is 1.45 bits per heavy atom. The SMILES string of the molecule is CCOC(=O)C1=C(C)NC(C)(C(C)SC)C(C(=O)O)C1CC. The Morgan fingerprint density at radius 2 is 2.05 bits per heavy atom. The molecular weight excluding hydrogens is 302 g/mol. The quantitative estimate of drug-likeness (QED) is 0.730. The first-order chi connectivity index (χ1) is 10.2. The third-order valence-corrected chi connectivity index (χ3v) is 5.88. The van der Waals surface area contributed by atoms with Crippen LogP contribution in [-0.2, 0) is 14.3 Å². The molecule has 1 aliphatic heterocycles. The second-order valence-corrected chi connectivity index (χ2v) is 7.05. The largest absolute Gasteiger partial charge is 0.481 e. The van der Waals surface area contributed by atoms with Crippen LogP contribution in [0.3, 0.4) is 0 Å². The molecule has 0 aliphatic carbocycles. The maximum Gasteiger partial charge on any atom is 0.336 e. The van der Waals surface area contributed by atoms with E-state index in [0.717, 1.165) is 5.70 Å². The van der Waals surface area contributed by atoms with Crippen LogP contribution in [0.5, 0.6) is 0 Å². The third kappa shape index (κ3) is 3.26. The predicted octanol–water partition coefficient (Wildman–Crippen LogP) is 2.66. The zero-order chi connectivity index (χ0) is 17.1. The number of allylic oxidation sites excluding steroid dienone is 1. The lowest BCUT2D eigenvalue weighted by Gasteiger charge is -2.48. The molecule has 0 aromatic carbocycles. The number of carbonyl (C=O) groups excluding carboxylic acids is 1. The number of carbonyl (C=O) groups is 2. The summed E-state index contributed by atoms with van der Waals surface area (Å²) in [6.45, 7) is 9.73. The van der Waals surface area contributed by atoms with Gasteiger partial charge in [0.25, 0.3) is 0 Å². The minimum atomic E-state index is -0.878. The molecule has 1 heterocycles. The highest BCUT2D eigenvalue weighted by molar-refractivity contribution is 7.99. The van der Waals surface area contributed by atoms with Gasteiger partial charge in [-0.25, -0.2) is 4.79 Å². The topological polar surface area (TPSA) is 75.6 Å². The molecular formula is C16H27NO4S. The summed E-state index contributed by atoms with van der Waals surface area (Å²) in [5.41, 5.74) is 0.583. The summed E-state index contributed by atoms with van der Waals surface area (Å²) in [6, 6.07) is 0. The second-order valence-electron chi connectivity index (χ2n) is 5.88. The van der Waals surface area contributed by atoms with E-state index in [1.807, 2.05) is 34.0 Å². The highest BCUT2D eigenvalue weighted by Crippen LogP contribution is 2.43. The van der Waals surface area contributed by atoms with E-state index in [1.54, 1.807) is 18.7 Å². The number of esters is 1. The molecule has 22 heavy (non-hydrogen) atoms. The van der Waals surface area contributed by atoms with Crippen LogP contribution in [-0.4, -0.2) is 40.7 Å². The Balaban J connectivity index is 3.42. The van der Waals surface area contributed by atoms with Crippen LogP contribution in [0.15, 0.2) is 11.3 Å². The summed E-state index contributed by atoms with van der Waals surface area (Å²) in [4.78, 5) is 24.2. The lowest BCUT2D eigenvalue weighted by Crippen LogP contribution is -2.62. The van der Waals surface area contributed by atoms with E-state index < -0.39 is 23.4 Å². The summed E-state index contributed by atoms with van der Waals surface area (Å²) in [6.07, 6.45) is 2.55. The van der Waals surface area contributed by atoms with Gasteiger partial charge in [0, 0.05) is 16.9 Å². The Morgan fingerprint density at radius 3 is 2.45 bits per heavy atom. The Bertz CT molecular complexity index is 477. The maximum absolute atomic E-state index is 12.3. The Labute approximate surface area is 136 Å². The Kier molecular flexibility index (Phi) is 6.35. The van der Waals surface area contributed by atoms with Crippen molar-refractivity contribution in [1.82, 2.24) is 5.32 Å². The molecule has 126 valence electrons. The first kappa shape index (κ1) is 18.9. The first-order valence-electron chi connectivity index (χ1n) is 7.66. The van der Waals surface area contributed by atoms with E-state index in [4.69, 9.17) is 4.74 Å². The van der Waals surface area contributed by atoms with Gasteiger partial charge in [-0.05, 0) is 33.4 Å². The van der Waals surface area contributed by atoms with E-state index in [0.29, 0.717) is 12.0 Å². The fourth-order valence-corrected chi connectivity index (χ4v) is 4.09. The lowest BCUT2D eigenvalue weighted by molar-refractivity contribution is -0.148. The summed E-state index contributed by atoms with van der Waals surface area (Å²) in [5, 5.41) is 13.2. The minimum absolute atomic E-state index is 0.0846. The molecule has 0 aromatic rings. The normalized spacial score (nSPS) is 29.7. The summed E-state index contributed by atoms with van der Waals surface area (Å²) in [7, 11) is 0. The molecule has 5 nitrogen and oxygen atoms in total. The molecule has 6 heteroatoms. The fourth-order valence-electron chi connectivity index (χ4n) is 3.39. The number of carboxylic acids is 1. The summed E-state index contributed by atoms with van der Waals surface area (Å²) >= 11 is 1.62. The molecule has 1 aliphatic rings. The van der Waals surface area contributed by atoms with E-state index in [-0.39, 0.29) is 17.8 Å². The molecule has 0 bridgehead atoms. The highest BCUT2D eigenvalue weighted by atomic mass is 32.2. The molecule has 0 aromatic heterocycles. The van der Waals surface area contributed by atoms with Gasteiger partial charge in [0.05, 0.1) is 23.6 Å². The molecule has 0 amide bonds. The maximum atomic E-state index is 12.3. The van der Waals surface area contributed by atoms with Crippen molar-refractivity contribution in [1.29, 1.82) is 0 Å². The molecule has 0 saturated heterocycles. The number of ether oxygens (including phenoxy) is 1. The monoisotopic (exact) mass is 329 g/mol. The zero-order valence-corrected chi connectivity index (χ0v) is 15.0. The standard InChI is InChI=1S/C16H27NO4S/c1-7-11-12(15(20)21-8-2)9(3)17-16(5,10(4)22-6)13(11)14(18)19/h10-11,13,17H,7-8H2,1-6H3,(H,18,19). The van der Waals surface area contributed by atoms with Crippen molar-refractivity contribution in [3.63, 3.8) is 0 Å². The van der Waals surface area contributed by atoms with Crippen molar-refractivity contribution < 1.29 is 19.4 Å². The summed E-state index contributed by atoms with van der Waals surface area (Å²) < 4.78 is 5.13.